The third kappa shape index (κ3) is 6.68. The van der Waals surface area contributed by atoms with Crippen LogP contribution in [0.2, 0.25) is 0 Å². The highest BCUT2D eigenvalue weighted by Crippen LogP contribution is 1.93. The average molecular weight is 256 g/mol. The molecule has 1 heterocycles. The van der Waals surface area contributed by atoms with Gasteiger partial charge in [0.25, 0.3) is 0 Å². The van der Waals surface area contributed by atoms with Crippen LogP contribution in [0.25, 0.3) is 0 Å². The number of nitrogens with one attached hydrogen (secondary N) is 1. The van der Waals surface area contributed by atoms with Crippen LogP contribution in [-0.2, 0) is 22.6 Å². The minimum atomic E-state index is 0.632. The summed E-state index contributed by atoms with van der Waals surface area (Å²) < 4.78 is 12.4. The zero-order valence-corrected chi connectivity index (χ0v) is 11.4. The van der Waals surface area contributed by atoms with Gasteiger partial charge in [-0.2, -0.15) is 0 Å². The molecule has 0 aromatic carbocycles. The molecule has 0 aliphatic rings. The van der Waals surface area contributed by atoms with Crippen LogP contribution in [0.5, 0.6) is 0 Å². The molecule has 0 aliphatic carbocycles. The maximum absolute atomic E-state index is 5.42. The van der Waals surface area contributed by atoms with Gasteiger partial charge in [0.1, 0.15) is 0 Å². The fourth-order valence-electron chi connectivity index (χ4n) is 1.44. The lowest BCUT2D eigenvalue weighted by molar-refractivity contribution is 0.0486. The molecule has 0 saturated carbocycles. The number of hydrogen-bond acceptors (Lipinski definition) is 5. The van der Waals surface area contributed by atoms with E-state index >= 15 is 0 Å². The summed E-state index contributed by atoms with van der Waals surface area (Å²) >= 11 is 0. The van der Waals surface area contributed by atoms with Crippen LogP contribution in [0.4, 0.5) is 0 Å². The van der Waals surface area contributed by atoms with Crippen LogP contribution in [0.1, 0.15) is 26.0 Å². The van der Waals surface area contributed by atoms with Gasteiger partial charge in [0, 0.05) is 19.3 Å². The highest BCUT2D eigenvalue weighted by Gasteiger charge is 1.99. The lowest BCUT2D eigenvalue weighted by Gasteiger charge is -2.03. The first-order chi connectivity index (χ1) is 8.86. The van der Waals surface area contributed by atoms with Gasteiger partial charge < -0.3 is 14.8 Å². The average Bonchev–Trinajstić information content (AvgIpc) is 2.82. The molecule has 104 valence electrons. The Morgan fingerprint density at radius 1 is 1.22 bits per heavy atom. The molecule has 0 unspecified atom stereocenters. The van der Waals surface area contributed by atoms with Gasteiger partial charge in [-0.05, 0) is 19.9 Å². The number of nitrogens with zero attached hydrogens (tertiary/aromatic N) is 3. The first kappa shape index (κ1) is 15.1. The third-order valence-corrected chi connectivity index (χ3v) is 2.36. The second kappa shape index (κ2) is 9.99. The Morgan fingerprint density at radius 3 is 2.83 bits per heavy atom. The van der Waals surface area contributed by atoms with E-state index in [2.05, 4.69) is 22.6 Å². The second-order valence-corrected chi connectivity index (χ2v) is 3.96. The Bertz CT molecular complexity index is 304. The van der Waals surface area contributed by atoms with E-state index in [1.54, 1.807) is 0 Å². The molecule has 0 atom stereocenters. The van der Waals surface area contributed by atoms with E-state index in [1.165, 1.54) is 0 Å². The Hall–Kier alpha value is -0.980. The van der Waals surface area contributed by atoms with Crippen LogP contribution >= 0.6 is 0 Å². The monoisotopic (exact) mass is 256 g/mol. The van der Waals surface area contributed by atoms with E-state index in [-0.39, 0.29) is 0 Å². The van der Waals surface area contributed by atoms with Crippen molar-refractivity contribution < 1.29 is 9.47 Å². The summed E-state index contributed by atoms with van der Waals surface area (Å²) in [5.41, 5.74) is 0.970. The van der Waals surface area contributed by atoms with Crippen molar-refractivity contribution in [2.75, 3.05) is 33.0 Å². The van der Waals surface area contributed by atoms with Crippen molar-refractivity contribution in [1.29, 1.82) is 0 Å². The predicted molar refractivity (Wildman–Crippen MR) is 69.3 cm³/mol. The number of hydrogen-bond donors (Lipinski definition) is 1. The fraction of sp³-hybridized carbons (Fsp3) is 0.833. The largest absolute Gasteiger partial charge is 0.379 e. The van der Waals surface area contributed by atoms with Crippen molar-refractivity contribution in [3.8, 4) is 0 Å². The molecule has 0 radical (unpaired) electrons. The summed E-state index contributed by atoms with van der Waals surface area (Å²) in [5.74, 6) is 0. The van der Waals surface area contributed by atoms with E-state index in [0.29, 0.717) is 19.8 Å². The number of aromatic nitrogens is 3. The Labute approximate surface area is 109 Å². The molecular formula is C12H24N4O2. The van der Waals surface area contributed by atoms with Crippen molar-refractivity contribution in [3.05, 3.63) is 11.9 Å². The molecule has 0 spiro atoms. The zero-order chi connectivity index (χ0) is 13.1. The maximum Gasteiger partial charge on any atom is 0.0964 e. The van der Waals surface area contributed by atoms with Gasteiger partial charge in [0.2, 0.25) is 0 Å². The molecule has 0 fully saturated rings. The number of ether oxygens (including phenoxy) is 2. The zero-order valence-electron chi connectivity index (χ0n) is 11.4. The Morgan fingerprint density at radius 2 is 2.06 bits per heavy atom. The molecule has 1 aromatic heterocycles. The summed E-state index contributed by atoms with van der Waals surface area (Å²) in [5, 5.41) is 11.4. The molecule has 0 bridgehead atoms. The van der Waals surface area contributed by atoms with Crippen molar-refractivity contribution in [2.45, 2.75) is 33.4 Å². The molecule has 18 heavy (non-hydrogen) atoms. The van der Waals surface area contributed by atoms with Gasteiger partial charge >= 0.3 is 0 Å². The lowest BCUT2D eigenvalue weighted by atomic mass is 10.4. The molecule has 6 heteroatoms. The third-order valence-electron chi connectivity index (χ3n) is 2.36. The molecule has 0 saturated heterocycles. The predicted octanol–water partition coefficient (Wildman–Crippen LogP) is 0.831. The first-order valence-corrected chi connectivity index (χ1v) is 6.62. The van der Waals surface area contributed by atoms with Crippen LogP contribution in [0.15, 0.2) is 6.20 Å². The quantitative estimate of drug-likeness (QED) is 0.594. The van der Waals surface area contributed by atoms with E-state index in [4.69, 9.17) is 9.47 Å². The summed E-state index contributed by atoms with van der Waals surface area (Å²) in [6, 6.07) is 0. The van der Waals surface area contributed by atoms with E-state index in [0.717, 1.165) is 38.4 Å². The molecule has 6 nitrogen and oxygen atoms in total. The maximum atomic E-state index is 5.42. The van der Waals surface area contributed by atoms with Gasteiger partial charge in [0.05, 0.1) is 32.1 Å². The number of rotatable bonds is 11. The topological polar surface area (TPSA) is 61.2 Å². The molecule has 0 amide bonds. The van der Waals surface area contributed by atoms with Gasteiger partial charge in [0.15, 0.2) is 0 Å². The SMILES string of the molecule is CCCNCc1cn(CCOCCOCC)nn1. The standard InChI is InChI=1S/C12H24N4O2/c1-3-5-13-10-12-11-16(15-14-12)6-7-18-9-8-17-4-2/h11,13H,3-10H2,1-2H3. The second-order valence-electron chi connectivity index (χ2n) is 3.96. The summed E-state index contributed by atoms with van der Waals surface area (Å²) in [6.07, 6.45) is 3.08. The van der Waals surface area contributed by atoms with Crippen LogP contribution in [0.3, 0.4) is 0 Å². The highest BCUT2D eigenvalue weighted by atomic mass is 16.5. The molecule has 1 N–H and O–H groups in total. The minimum absolute atomic E-state index is 0.632. The first-order valence-electron chi connectivity index (χ1n) is 6.62. The summed E-state index contributed by atoms with van der Waals surface area (Å²) in [4.78, 5) is 0. The minimum Gasteiger partial charge on any atom is -0.379 e. The van der Waals surface area contributed by atoms with Gasteiger partial charge in [-0.3, -0.25) is 0 Å². The fourth-order valence-corrected chi connectivity index (χ4v) is 1.44. The van der Waals surface area contributed by atoms with Crippen LogP contribution in [0, 0.1) is 0 Å². The van der Waals surface area contributed by atoms with E-state index in [1.807, 2.05) is 17.8 Å². The van der Waals surface area contributed by atoms with Gasteiger partial charge in [-0.15, -0.1) is 5.10 Å². The van der Waals surface area contributed by atoms with E-state index in [9.17, 15) is 0 Å². The normalized spacial score (nSPS) is 11.0. The molecular weight excluding hydrogens is 232 g/mol. The molecule has 1 rings (SSSR count). The Kier molecular flexibility index (Phi) is 8.37. The molecule has 1 aromatic rings. The van der Waals surface area contributed by atoms with E-state index < -0.39 is 0 Å². The lowest BCUT2D eigenvalue weighted by Crippen LogP contribution is -2.14. The highest BCUT2D eigenvalue weighted by molar-refractivity contribution is 4.91. The van der Waals surface area contributed by atoms with Crippen LogP contribution in [-0.4, -0.2) is 48.0 Å². The summed E-state index contributed by atoms with van der Waals surface area (Å²) in [7, 11) is 0. The van der Waals surface area contributed by atoms with Gasteiger partial charge in [-0.1, -0.05) is 12.1 Å². The van der Waals surface area contributed by atoms with Crippen molar-refractivity contribution >= 4 is 0 Å². The Balaban J connectivity index is 2.07. The summed E-state index contributed by atoms with van der Waals surface area (Å²) in [6.45, 7) is 9.29. The molecule has 0 aliphatic heterocycles. The van der Waals surface area contributed by atoms with Crippen molar-refractivity contribution in [2.24, 2.45) is 0 Å². The van der Waals surface area contributed by atoms with Gasteiger partial charge in [-0.25, -0.2) is 4.68 Å². The van der Waals surface area contributed by atoms with Crippen molar-refractivity contribution in [3.63, 3.8) is 0 Å². The van der Waals surface area contributed by atoms with Crippen molar-refractivity contribution in [1.82, 2.24) is 20.3 Å². The smallest absolute Gasteiger partial charge is 0.0964 e. The van der Waals surface area contributed by atoms with Crippen LogP contribution < -0.4 is 5.32 Å².